The van der Waals surface area contributed by atoms with Crippen molar-refractivity contribution in [3.63, 3.8) is 0 Å². The summed E-state index contributed by atoms with van der Waals surface area (Å²) in [5.41, 5.74) is 1.62. The average Bonchev–Trinajstić information content (AvgIpc) is 2.81. The first kappa shape index (κ1) is 13.3. The molecule has 0 aliphatic carbocycles. The molecule has 19 heavy (non-hydrogen) atoms. The highest BCUT2D eigenvalue weighted by Crippen LogP contribution is 2.39. The Morgan fingerprint density at radius 2 is 2.37 bits per heavy atom. The van der Waals surface area contributed by atoms with Crippen LogP contribution in [0.15, 0.2) is 18.2 Å². The molecule has 1 spiro atoms. The number of hydrogen-bond donors (Lipinski definition) is 1. The molecule has 0 radical (unpaired) electrons. The van der Waals surface area contributed by atoms with E-state index in [9.17, 15) is 4.39 Å². The molecule has 104 valence electrons. The van der Waals surface area contributed by atoms with E-state index >= 15 is 0 Å². The topological polar surface area (TPSA) is 21.3 Å². The smallest absolute Gasteiger partial charge is 0.146 e. The first-order valence-corrected chi connectivity index (χ1v) is 8.07. The number of thioether (sulfide) groups is 1. The highest BCUT2D eigenvalue weighted by atomic mass is 32.2. The zero-order valence-electron chi connectivity index (χ0n) is 11.2. The van der Waals surface area contributed by atoms with Crippen LogP contribution in [0.5, 0.6) is 0 Å². The minimum atomic E-state index is -0.152. The van der Waals surface area contributed by atoms with Gasteiger partial charge in [-0.1, -0.05) is 6.07 Å². The van der Waals surface area contributed by atoms with E-state index in [2.05, 4.69) is 5.32 Å². The van der Waals surface area contributed by atoms with Crippen molar-refractivity contribution in [3.8, 4) is 0 Å². The van der Waals surface area contributed by atoms with Crippen molar-refractivity contribution >= 4 is 17.4 Å². The van der Waals surface area contributed by atoms with Crippen molar-refractivity contribution in [1.82, 2.24) is 0 Å². The van der Waals surface area contributed by atoms with Crippen LogP contribution in [0.4, 0.5) is 10.1 Å². The zero-order chi connectivity index (χ0) is 13.3. The molecular weight excluding hydrogens is 261 g/mol. The first-order valence-electron chi connectivity index (χ1n) is 6.91. The molecule has 0 amide bonds. The Labute approximate surface area is 118 Å². The maximum Gasteiger partial charge on any atom is 0.146 e. The van der Waals surface area contributed by atoms with Gasteiger partial charge in [-0.15, -0.1) is 0 Å². The maximum absolute atomic E-state index is 13.9. The maximum atomic E-state index is 13.9. The summed E-state index contributed by atoms with van der Waals surface area (Å²) in [4.78, 5) is 0. The van der Waals surface area contributed by atoms with Crippen LogP contribution in [0.1, 0.15) is 24.8 Å². The standard InChI is InChI=1S/C15H20FNOS/c1-11-2-3-14(13(16)8-11)17-12-4-6-18-15(9-12)5-7-19-10-15/h2-3,8,12,17H,4-7,9-10H2,1H3. The molecular formula is C15H20FNOS. The van der Waals surface area contributed by atoms with Crippen LogP contribution in [0.3, 0.4) is 0 Å². The van der Waals surface area contributed by atoms with E-state index in [0.717, 1.165) is 37.2 Å². The van der Waals surface area contributed by atoms with Crippen LogP contribution in [0.2, 0.25) is 0 Å². The van der Waals surface area contributed by atoms with Crippen LogP contribution >= 0.6 is 11.8 Å². The highest BCUT2D eigenvalue weighted by Gasteiger charge is 2.40. The molecule has 1 aromatic rings. The molecule has 3 rings (SSSR count). The van der Waals surface area contributed by atoms with Crippen LogP contribution in [-0.4, -0.2) is 29.8 Å². The predicted molar refractivity (Wildman–Crippen MR) is 78.4 cm³/mol. The summed E-state index contributed by atoms with van der Waals surface area (Å²) in [6.45, 7) is 2.69. The number of halogens is 1. The van der Waals surface area contributed by atoms with Gasteiger partial charge in [-0.3, -0.25) is 0 Å². The van der Waals surface area contributed by atoms with Crippen molar-refractivity contribution in [1.29, 1.82) is 0 Å². The summed E-state index contributed by atoms with van der Waals surface area (Å²) in [5.74, 6) is 2.12. The summed E-state index contributed by atoms with van der Waals surface area (Å²) >= 11 is 1.97. The first-order chi connectivity index (χ1) is 9.17. The number of nitrogens with one attached hydrogen (secondary N) is 1. The second kappa shape index (κ2) is 5.33. The molecule has 2 saturated heterocycles. The van der Waals surface area contributed by atoms with E-state index in [0.29, 0.717) is 11.7 Å². The molecule has 2 aliphatic heterocycles. The third kappa shape index (κ3) is 2.90. The molecule has 2 heterocycles. The number of anilines is 1. The zero-order valence-corrected chi connectivity index (χ0v) is 12.1. The number of benzene rings is 1. The minimum Gasteiger partial charge on any atom is -0.380 e. The van der Waals surface area contributed by atoms with Gasteiger partial charge in [-0.2, -0.15) is 11.8 Å². The molecule has 2 aliphatic rings. The molecule has 2 nitrogen and oxygen atoms in total. The van der Waals surface area contributed by atoms with Gasteiger partial charge in [0.15, 0.2) is 0 Å². The summed E-state index contributed by atoms with van der Waals surface area (Å²) in [6.07, 6.45) is 3.08. The van der Waals surface area contributed by atoms with Crippen LogP contribution in [0, 0.1) is 12.7 Å². The minimum absolute atomic E-state index is 0.0434. The van der Waals surface area contributed by atoms with Crippen molar-refractivity contribution in [2.75, 3.05) is 23.4 Å². The second-order valence-corrected chi connectivity index (χ2v) is 6.76. The van der Waals surface area contributed by atoms with E-state index in [4.69, 9.17) is 4.74 Å². The number of rotatable bonds is 2. The Kier molecular flexibility index (Phi) is 3.72. The largest absolute Gasteiger partial charge is 0.380 e. The van der Waals surface area contributed by atoms with Crippen molar-refractivity contribution in [3.05, 3.63) is 29.6 Å². The second-order valence-electron chi connectivity index (χ2n) is 5.65. The number of aryl methyl sites for hydroxylation is 1. The highest BCUT2D eigenvalue weighted by molar-refractivity contribution is 7.99. The van der Waals surface area contributed by atoms with Crippen LogP contribution in [-0.2, 0) is 4.74 Å². The Morgan fingerprint density at radius 3 is 3.11 bits per heavy atom. The molecule has 4 heteroatoms. The monoisotopic (exact) mass is 281 g/mol. The number of ether oxygens (including phenoxy) is 1. The van der Waals surface area contributed by atoms with E-state index in [-0.39, 0.29) is 11.4 Å². The van der Waals surface area contributed by atoms with Crippen LogP contribution < -0.4 is 5.32 Å². The van der Waals surface area contributed by atoms with Gasteiger partial charge >= 0.3 is 0 Å². The average molecular weight is 281 g/mol. The molecule has 2 unspecified atom stereocenters. The predicted octanol–water partition coefficient (Wildman–Crippen LogP) is 3.60. The summed E-state index contributed by atoms with van der Waals surface area (Å²) in [6, 6.07) is 5.70. The SMILES string of the molecule is Cc1ccc(NC2CCOC3(CCSC3)C2)c(F)c1. The van der Waals surface area contributed by atoms with Gasteiger partial charge in [0.2, 0.25) is 0 Å². The molecule has 0 saturated carbocycles. The van der Waals surface area contributed by atoms with Gasteiger partial charge in [-0.05, 0) is 49.6 Å². The van der Waals surface area contributed by atoms with E-state index < -0.39 is 0 Å². The lowest BCUT2D eigenvalue weighted by molar-refractivity contribution is -0.0628. The van der Waals surface area contributed by atoms with Gasteiger partial charge in [0.05, 0.1) is 11.3 Å². The van der Waals surface area contributed by atoms with E-state index in [1.54, 1.807) is 6.07 Å². The summed E-state index contributed by atoms with van der Waals surface area (Å²) in [5, 5.41) is 3.36. The lowest BCUT2D eigenvalue weighted by Gasteiger charge is -2.38. The lowest BCUT2D eigenvalue weighted by Crippen LogP contribution is -2.44. The van der Waals surface area contributed by atoms with Crippen molar-refractivity contribution < 1.29 is 9.13 Å². The Hall–Kier alpha value is -0.740. The molecule has 0 bridgehead atoms. The van der Waals surface area contributed by atoms with E-state index in [1.807, 2.05) is 30.8 Å². The fourth-order valence-electron chi connectivity index (χ4n) is 2.97. The third-order valence-corrected chi connectivity index (χ3v) is 5.27. The summed E-state index contributed by atoms with van der Waals surface area (Å²) < 4.78 is 19.9. The Balaban J connectivity index is 1.69. The number of hydrogen-bond acceptors (Lipinski definition) is 3. The molecule has 2 atom stereocenters. The van der Waals surface area contributed by atoms with Crippen LogP contribution in [0.25, 0.3) is 0 Å². The quantitative estimate of drug-likeness (QED) is 0.895. The van der Waals surface area contributed by atoms with E-state index in [1.165, 1.54) is 5.75 Å². The van der Waals surface area contributed by atoms with Crippen molar-refractivity contribution in [2.24, 2.45) is 0 Å². The van der Waals surface area contributed by atoms with Gasteiger partial charge in [0.25, 0.3) is 0 Å². The molecule has 1 aromatic carbocycles. The van der Waals surface area contributed by atoms with Gasteiger partial charge in [0, 0.05) is 18.4 Å². The third-order valence-electron chi connectivity index (χ3n) is 4.04. The lowest BCUT2D eigenvalue weighted by atomic mass is 9.89. The normalized spacial score (nSPS) is 30.7. The fraction of sp³-hybridized carbons (Fsp3) is 0.600. The Bertz CT molecular complexity index is 459. The van der Waals surface area contributed by atoms with Gasteiger partial charge < -0.3 is 10.1 Å². The van der Waals surface area contributed by atoms with Gasteiger partial charge in [0.1, 0.15) is 5.82 Å². The van der Waals surface area contributed by atoms with Gasteiger partial charge in [-0.25, -0.2) is 4.39 Å². The molecule has 2 fully saturated rings. The summed E-state index contributed by atoms with van der Waals surface area (Å²) in [7, 11) is 0. The Morgan fingerprint density at radius 1 is 1.47 bits per heavy atom. The molecule has 0 aromatic heterocycles. The fourth-order valence-corrected chi connectivity index (χ4v) is 4.35. The molecule has 1 N–H and O–H groups in total. The van der Waals surface area contributed by atoms with Crippen molar-refractivity contribution in [2.45, 2.75) is 37.8 Å².